The monoisotopic (exact) mass is 138 g/mol. The van der Waals surface area contributed by atoms with Crippen molar-refractivity contribution in [2.24, 2.45) is 11.8 Å². The standard InChI is InChI=1S/C8H11P/c1-2-7-5-9-4-3-8(7)6-9/h2-4,7-8H,1,5-6H2. The first-order valence-electron chi connectivity index (χ1n) is 3.45. The maximum absolute atomic E-state index is 3.84. The fourth-order valence-electron chi connectivity index (χ4n) is 1.69. The number of hydrogen-bond donors (Lipinski definition) is 0. The van der Waals surface area contributed by atoms with E-state index < -0.39 is 0 Å². The topological polar surface area (TPSA) is 0 Å². The van der Waals surface area contributed by atoms with E-state index in [9.17, 15) is 0 Å². The van der Waals surface area contributed by atoms with Gasteiger partial charge in [0.15, 0.2) is 0 Å². The van der Waals surface area contributed by atoms with E-state index in [1.807, 2.05) is 0 Å². The Balaban J connectivity index is 2.19. The predicted molar refractivity (Wildman–Crippen MR) is 43.0 cm³/mol. The van der Waals surface area contributed by atoms with Gasteiger partial charge in [-0.15, -0.1) is 6.58 Å². The summed E-state index contributed by atoms with van der Waals surface area (Å²) >= 11 is 0. The van der Waals surface area contributed by atoms with Crippen LogP contribution in [0.5, 0.6) is 0 Å². The summed E-state index contributed by atoms with van der Waals surface area (Å²) in [7, 11) is 0.334. The smallest absolute Gasteiger partial charge is 0.0121 e. The Kier molecular flexibility index (Phi) is 1.23. The zero-order valence-corrected chi connectivity index (χ0v) is 6.35. The fraction of sp³-hybridized carbons (Fsp3) is 0.500. The van der Waals surface area contributed by atoms with Crippen molar-refractivity contribution in [3.63, 3.8) is 0 Å². The normalized spacial score (nSPS) is 46.0. The van der Waals surface area contributed by atoms with Crippen molar-refractivity contribution < 1.29 is 0 Å². The van der Waals surface area contributed by atoms with E-state index in [1.165, 1.54) is 12.3 Å². The minimum Gasteiger partial charge on any atom is -0.103 e. The molecule has 0 amide bonds. The quantitative estimate of drug-likeness (QED) is 0.385. The van der Waals surface area contributed by atoms with Crippen LogP contribution in [0.4, 0.5) is 0 Å². The molecule has 0 aromatic heterocycles. The molecule has 3 atom stereocenters. The van der Waals surface area contributed by atoms with Crippen molar-refractivity contribution in [3.8, 4) is 0 Å². The van der Waals surface area contributed by atoms with E-state index in [-0.39, 0.29) is 0 Å². The van der Waals surface area contributed by atoms with Crippen LogP contribution in [0.25, 0.3) is 0 Å². The molecule has 9 heavy (non-hydrogen) atoms. The van der Waals surface area contributed by atoms with Crippen molar-refractivity contribution in [2.45, 2.75) is 0 Å². The molecule has 0 N–H and O–H groups in total. The molecule has 3 unspecified atom stereocenters. The molecule has 1 saturated heterocycles. The Morgan fingerprint density at radius 1 is 1.56 bits per heavy atom. The molecule has 0 saturated carbocycles. The Bertz CT molecular complexity index is 160. The first-order chi connectivity index (χ1) is 4.40. The summed E-state index contributed by atoms with van der Waals surface area (Å²) in [5, 5.41) is 0. The van der Waals surface area contributed by atoms with Gasteiger partial charge in [-0.2, -0.15) is 0 Å². The van der Waals surface area contributed by atoms with Gasteiger partial charge in [0.05, 0.1) is 0 Å². The first-order valence-corrected chi connectivity index (χ1v) is 5.23. The molecular weight excluding hydrogens is 127 g/mol. The number of hydrogen-bond acceptors (Lipinski definition) is 0. The molecule has 0 aromatic carbocycles. The van der Waals surface area contributed by atoms with E-state index in [0.717, 1.165) is 11.8 Å². The van der Waals surface area contributed by atoms with Crippen molar-refractivity contribution in [2.75, 3.05) is 12.3 Å². The summed E-state index contributed by atoms with van der Waals surface area (Å²) in [5.41, 5.74) is 0. The maximum atomic E-state index is 3.84. The molecule has 1 fully saturated rings. The third-order valence-electron chi connectivity index (χ3n) is 2.29. The summed E-state index contributed by atoms with van der Waals surface area (Å²) in [6.07, 6.45) is 7.42. The second-order valence-electron chi connectivity index (χ2n) is 2.86. The van der Waals surface area contributed by atoms with Crippen LogP contribution < -0.4 is 0 Å². The number of allylic oxidation sites excluding steroid dienone is 2. The summed E-state index contributed by atoms with van der Waals surface area (Å²) in [6.45, 7) is 3.84. The Morgan fingerprint density at radius 2 is 2.44 bits per heavy atom. The largest absolute Gasteiger partial charge is 0.103 e. The molecule has 0 spiro atoms. The Morgan fingerprint density at radius 3 is 2.78 bits per heavy atom. The highest BCUT2D eigenvalue weighted by Gasteiger charge is 2.32. The minimum absolute atomic E-state index is 0.334. The van der Waals surface area contributed by atoms with Crippen LogP contribution in [0.1, 0.15) is 0 Å². The minimum atomic E-state index is 0.334. The molecule has 2 bridgehead atoms. The summed E-state index contributed by atoms with van der Waals surface area (Å²) in [4.78, 5) is 0. The molecule has 0 aromatic rings. The fourth-order valence-corrected chi connectivity index (χ4v) is 4.45. The van der Waals surface area contributed by atoms with Gasteiger partial charge in [0.1, 0.15) is 0 Å². The van der Waals surface area contributed by atoms with E-state index >= 15 is 0 Å². The second-order valence-corrected chi connectivity index (χ2v) is 5.06. The first kappa shape index (κ1) is 5.68. The van der Waals surface area contributed by atoms with Gasteiger partial charge in [0.2, 0.25) is 0 Å². The molecule has 2 aliphatic heterocycles. The Hall–Kier alpha value is -0.0900. The lowest BCUT2D eigenvalue weighted by atomic mass is 9.97. The third kappa shape index (κ3) is 0.773. The lowest BCUT2D eigenvalue weighted by Crippen LogP contribution is -2.05. The van der Waals surface area contributed by atoms with Crippen LogP contribution in [0.15, 0.2) is 24.5 Å². The molecule has 0 radical (unpaired) electrons. The predicted octanol–water partition coefficient (Wildman–Crippen LogP) is 2.43. The van der Waals surface area contributed by atoms with E-state index in [0.29, 0.717) is 7.92 Å². The van der Waals surface area contributed by atoms with Gasteiger partial charge in [0.25, 0.3) is 0 Å². The van der Waals surface area contributed by atoms with Crippen LogP contribution in [-0.4, -0.2) is 12.3 Å². The van der Waals surface area contributed by atoms with Gasteiger partial charge in [-0.1, -0.05) is 25.9 Å². The van der Waals surface area contributed by atoms with Gasteiger partial charge in [0, 0.05) is 0 Å². The molecule has 2 aliphatic rings. The lowest BCUT2D eigenvalue weighted by Gasteiger charge is -2.11. The Labute approximate surface area is 57.4 Å². The van der Waals surface area contributed by atoms with Crippen molar-refractivity contribution in [1.82, 2.24) is 0 Å². The molecule has 2 rings (SSSR count). The van der Waals surface area contributed by atoms with Crippen LogP contribution in [0.2, 0.25) is 0 Å². The van der Waals surface area contributed by atoms with Crippen molar-refractivity contribution >= 4 is 7.92 Å². The zero-order chi connectivity index (χ0) is 6.27. The van der Waals surface area contributed by atoms with Crippen LogP contribution >= 0.6 is 7.92 Å². The average molecular weight is 138 g/mol. The van der Waals surface area contributed by atoms with Gasteiger partial charge in [-0.25, -0.2) is 0 Å². The highest BCUT2D eigenvalue weighted by molar-refractivity contribution is 7.61. The summed E-state index contributed by atoms with van der Waals surface area (Å²) in [5.74, 6) is 4.15. The average Bonchev–Trinajstić information content (AvgIpc) is 2.45. The molecule has 2 heterocycles. The molecule has 48 valence electrons. The SMILES string of the molecule is C=CC1CP2C=CC1C2. The highest BCUT2D eigenvalue weighted by atomic mass is 31.1. The van der Waals surface area contributed by atoms with Gasteiger partial charge < -0.3 is 0 Å². The number of fused-ring (bicyclic) bond motifs is 2. The van der Waals surface area contributed by atoms with Gasteiger partial charge in [-0.05, 0) is 24.2 Å². The lowest BCUT2D eigenvalue weighted by molar-refractivity contribution is 0.603. The maximum Gasteiger partial charge on any atom is -0.0121 e. The van der Waals surface area contributed by atoms with Gasteiger partial charge >= 0.3 is 0 Å². The van der Waals surface area contributed by atoms with Crippen LogP contribution in [0.3, 0.4) is 0 Å². The van der Waals surface area contributed by atoms with Crippen molar-refractivity contribution in [1.29, 1.82) is 0 Å². The third-order valence-corrected chi connectivity index (χ3v) is 4.66. The molecule has 1 heteroatoms. The van der Waals surface area contributed by atoms with Crippen molar-refractivity contribution in [3.05, 3.63) is 24.5 Å². The second kappa shape index (κ2) is 1.95. The summed E-state index contributed by atoms with van der Waals surface area (Å²) < 4.78 is 0. The van der Waals surface area contributed by atoms with Crippen LogP contribution in [0, 0.1) is 11.8 Å². The number of rotatable bonds is 1. The highest BCUT2D eigenvalue weighted by Crippen LogP contribution is 2.56. The van der Waals surface area contributed by atoms with Gasteiger partial charge in [-0.3, -0.25) is 0 Å². The summed E-state index contributed by atoms with van der Waals surface area (Å²) in [6, 6.07) is 0. The molecule has 0 nitrogen and oxygen atoms in total. The van der Waals surface area contributed by atoms with E-state index in [4.69, 9.17) is 0 Å². The zero-order valence-electron chi connectivity index (χ0n) is 5.46. The molecular formula is C8H11P. The van der Waals surface area contributed by atoms with E-state index in [1.54, 1.807) is 0 Å². The van der Waals surface area contributed by atoms with E-state index in [2.05, 4.69) is 24.5 Å². The van der Waals surface area contributed by atoms with Crippen LogP contribution in [-0.2, 0) is 0 Å². The molecule has 0 aliphatic carbocycles.